The third-order valence-electron chi connectivity index (χ3n) is 4.49. The van der Waals surface area contributed by atoms with Crippen LogP contribution in [0.15, 0.2) is 30.9 Å². The van der Waals surface area contributed by atoms with E-state index >= 15 is 0 Å². The van der Waals surface area contributed by atoms with Crippen LogP contribution in [0.1, 0.15) is 29.5 Å². The number of rotatable bonds is 8. The average molecular weight is 344 g/mol. The van der Waals surface area contributed by atoms with Crippen molar-refractivity contribution < 1.29 is 19.6 Å². The minimum atomic E-state index is -1.69. The van der Waals surface area contributed by atoms with Crippen LogP contribution in [0, 0.1) is 13.8 Å². The minimum absolute atomic E-state index is 0.0773. The molecule has 1 aromatic rings. The third-order valence-corrected chi connectivity index (χ3v) is 4.49. The Hall–Kier alpha value is -2.12. The van der Waals surface area contributed by atoms with Gasteiger partial charge in [0.25, 0.3) is 0 Å². The summed E-state index contributed by atoms with van der Waals surface area (Å²) in [6, 6.07) is 5.91. The molecule has 1 aliphatic carbocycles. The van der Waals surface area contributed by atoms with Crippen LogP contribution >= 0.6 is 0 Å². The lowest BCUT2D eigenvalue weighted by Gasteiger charge is -2.23. The molecule has 6 nitrogen and oxygen atoms in total. The number of carbonyl (C=O) groups is 2. The molecule has 0 saturated heterocycles. The first-order valence-electron chi connectivity index (χ1n) is 8.46. The molecule has 0 spiro atoms. The molecule has 0 bridgehead atoms. The molecule has 1 aliphatic rings. The summed E-state index contributed by atoms with van der Waals surface area (Å²) in [4.78, 5) is 25.6. The van der Waals surface area contributed by atoms with Crippen LogP contribution < -0.4 is 5.32 Å². The lowest BCUT2D eigenvalue weighted by Crippen LogP contribution is -2.51. The summed E-state index contributed by atoms with van der Waals surface area (Å²) in [6.45, 7) is 7.34. The Kier molecular flexibility index (Phi) is 6.39. The fourth-order valence-electron chi connectivity index (χ4n) is 2.71. The zero-order valence-electron chi connectivity index (χ0n) is 14.7. The van der Waals surface area contributed by atoms with E-state index in [0.717, 1.165) is 29.5 Å². The van der Waals surface area contributed by atoms with Gasteiger partial charge in [0.15, 0.2) is 0 Å². The fourth-order valence-corrected chi connectivity index (χ4v) is 2.71. The second-order valence-electron chi connectivity index (χ2n) is 6.61. The van der Waals surface area contributed by atoms with Gasteiger partial charge in [0.1, 0.15) is 6.54 Å². The van der Waals surface area contributed by atoms with Crippen LogP contribution in [0.4, 0.5) is 0 Å². The molecule has 3 N–H and O–H groups in total. The van der Waals surface area contributed by atoms with Crippen molar-refractivity contribution in [3.8, 4) is 0 Å². The first kappa shape index (κ1) is 19.2. The summed E-state index contributed by atoms with van der Waals surface area (Å²) < 4.78 is 0. The molecule has 1 unspecified atom stereocenters. The van der Waals surface area contributed by atoms with E-state index in [-0.39, 0.29) is 18.5 Å². The Bertz CT molecular complexity index is 658. The molecule has 0 heterocycles. The number of aryl methyl sites for hydroxylation is 2. The highest BCUT2D eigenvalue weighted by molar-refractivity contribution is 6.43. The second-order valence-corrected chi connectivity index (χ2v) is 6.61. The summed E-state index contributed by atoms with van der Waals surface area (Å²) in [5.74, 6) is -1.54. The molecule has 134 valence electrons. The maximum absolute atomic E-state index is 12.3. The second kappa shape index (κ2) is 8.31. The SMILES string of the molecule is C=CC(=O)N(CC(=O)NC(Cc1ccc(C)c(C)c1)B(O)O)C1CC1. The predicted molar refractivity (Wildman–Crippen MR) is 96.7 cm³/mol. The van der Waals surface area contributed by atoms with Crippen molar-refractivity contribution in [2.75, 3.05) is 6.54 Å². The average Bonchev–Trinajstić information content (AvgIpc) is 3.39. The third kappa shape index (κ3) is 5.44. The Morgan fingerprint density at radius 2 is 2.04 bits per heavy atom. The molecule has 0 aliphatic heterocycles. The van der Waals surface area contributed by atoms with Gasteiger partial charge in [-0.05, 0) is 55.9 Å². The van der Waals surface area contributed by atoms with Gasteiger partial charge in [-0.1, -0.05) is 24.8 Å². The highest BCUT2D eigenvalue weighted by Crippen LogP contribution is 2.26. The summed E-state index contributed by atoms with van der Waals surface area (Å²) >= 11 is 0. The Morgan fingerprint density at radius 3 is 2.56 bits per heavy atom. The van der Waals surface area contributed by atoms with E-state index < -0.39 is 19.0 Å². The molecule has 0 radical (unpaired) electrons. The quantitative estimate of drug-likeness (QED) is 0.474. The number of nitrogens with zero attached hydrogens (tertiary/aromatic N) is 1. The molecule has 1 fully saturated rings. The molecular formula is C18H25BN2O4. The lowest BCUT2D eigenvalue weighted by molar-refractivity contribution is -0.133. The van der Waals surface area contributed by atoms with Crippen molar-refractivity contribution in [1.82, 2.24) is 10.2 Å². The summed E-state index contributed by atoms with van der Waals surface area (Å²) in [5.41, 5.74) is 3.16. The van der Waals surface area contributed by atoms with E-state index in [1.807, 2.05) is 32.0 Å². The zero-order valence-corrected chi connectivity index (χ0v) is 14.7. The number of hydrogen-bond acceptors (Lipinski definition) is 4. The Labute approximate surface area is 148 Å². The minimum Gasteiger partial charge on any atom is -0.426 e. The van der Waals surface area contributed by atoms with Crippen LogP contribution in [-0.2, 0) is 16.0 Å². The Morgan fingerprint density at radius 1 is 1.36 bits per heavy atom. The summed E-state index contributed by atoms with van der Waals surface area (Å²) in [7, 11) is -1.69. The maximum atomic E-state index is 12.3. The van der Waals surface area contributed by atoms with E-state index in [0.29, 0.717) is 6.42 Å². The van der Waals surface area contributed by atoms with E-state index in [9.17, 15) is 19.6 Å². The molecule has 0 aromatic heterocycles. The summed E-state index contributed by atoms with van der Waals surface area (Å²) in [6.07, 6.45) is 3.24. The topological polar surface area (TPSA) is 89.9 Å². The number of carbonyl (C=O) groups excluding carboxylic acids is 2. The van der Waals surface area contributed by atoms with Crippen molar-refractivity contribution in [3.05, 3.63) is 47.5 Å². The van der Waals surface area contributed by atoms with Gasteiger partial charge in [0.05, 0.1) is 5.94 Å². The van der Waals surface area contributed by atoms with Gasteiger partial charge in [-0.25, -0.2) is 0 Å². The first-order chi connectivity index (χ1) is 11.8. The number of nitrogens with one attached hydrogen (secondary N) is 1. The molecule has 2 amide bonds. The van der Waals surface area contributed by atoms with Gasteiger partial charge in [0, 0.05) is 6.04 Å². The van der Waals surface area contributed by atoms with Gasteiger partial charge in [-0.15, -0.1) is 0 Å². The normalized spacial score (nSPS) is 14.6. The monoisotopic (exact) mass is 344 g/mol. The van der Waals surface area contributed by atoms with Crippen LogP contribution in [0.5, 0.6) is 0 Å². The number of amides is 2. The molecule has 1 saturated carbocycles. The molecular weight excluding hydrogens is 319 g/mol. The molecule has 25 heavy (non-hydrogen) atoms. The van der Waals surface area contributed by atoms with E-state index in [4.69, 9.17) is 0 Å². The van der Waals surface area contributed by atoms with Crippen molar-refractivity contribution in [3.63, 3.8) is 0 Å². The van der Waals surface area contributed by atoms with Crippen LogP contribution in [0.2, 0.25) is 0 Å². The molecule has 2 rings (SSSR count). The zero-order chi connectivity index (χ0) is 18.6. The molecule has 7 heteroatoms. The predicted octanol–water partition coefficient (Wildman–Crippen LogP) is 0.520. The van der Waals surface area contributed by atoms with Crippen LogP contribution in [0.25, 0.3) is 0 Å². The van der Waals surface area contributed by atoms with Crippen molar-refractivity contribution in [1.29, 1.82) is 0 Å². The van der Waals surface area contributed by atoms with E-state index in [1.165, 1.54) is 11.0 Å². The number of benzene rings is 1. The van der Waals surface area contributed by atoms with Gasteiger partial charge in [-0.2, -0.15) is 0 Å². The summed E-state index contributed by atoms with van der Waals surface area (Å²) in [5, 5.41) is 21.8. The van der Waals surface area contributed by atoms with Crippen molar-refractivity contribution >= 4 is 18.9 Å². The maximum Gasteiger partial charge on any atom is 0.475 e. The highest BCUT2D eigenvalue weighted by atomic mass is 16.4. The van der Waals surface area contributed by atoms with E-state index in [2.05, 4.69) is 11.9 Å². The standard InChI is InChI=1S/C18H25BN2O4/c1-4-18(23)21(15-7-8-15)11-17(22)20-16(19(24)25)10-14-6-5-12(2)13(3)9-14/h4-6,9,15-16,24-25H,1,7-8,10-11H2,2-3H3,(H,20,22). The van der Waals surface area contributed by atoms with Crippen LogP contribution in [0.3, 0.4) is 0 Å². The highest BCUT2D eigenvalue weighted by Gasteiger charge is 2.34. The van der Waals surface area contributed by atoms with E-state index in [1.54, 1.807) is 0 Å². The van der Waals surface area contributed by atoms with Gasteiger partial charge >= 0.3 is 7.12 Å². The molecule has 1 atom stereocenters. The van der Waals surface area contributed by atoms with Gasteiger partial charge in [-0.3, -0.25) is 9.59 Å². The van der Waals surface area contributed by atoms with Gasteiger partial charge in [0.2, 0.25) is 11.8 Å². The first-order valence-corrected chi connectivity index (χ1v) is 8.46. The lowest BCUT2D eigenvalue weighted by atomic mass is 9.75. The van der Waals surface area contributed by atoms with Crippen molar-refractivity contribution in [2.24, 2.45) is 0 Å². The Balaban J connectivity index is 1.99. The van der Waals surface area contributed by atoms with Crippen LogP contribution in [-0.4, -0.2) is 52.4 Å². The fraction of sp³-hybridized carbons (Fsp3) is 0.444. The largest absolute Gasteiger partial charge is 0.475 e. The van der Waals surface area contributed by atoms with Gasteiger partial charge < -0.3 is 20.3 Å². The smallest absolute Gasteiger partial charge is 0.426 e. The van der Waals surface area contributed by atoms with Crippen molar-refractivity contribution in [2.45, 2.75) is 45.1 Å². The molecule has 1 aromatic carbocycles. The number of hydrogen-bond donors (Lipinski definition) is 3.